The van der Waals surface area contributed by atoms with Gasteiger partial charge in [-0.05, 0) is 37.0 Å². The van der Waals surface area contributed by atoms with E-state index in [9.17, 15) is 23.5 Å². The molecule has 1 N–H and O–H groups in total. The van der Waals surface area contributed by atoms with Crippen LogP contribution in [0.15, 0.2) is 30.3 Å². The standard InChI is InChI=1S/C27H29F2N3O4/c1-36-27(35)31-13-12-16-10-11-22-24(19(16)14-31)30-25(17-6-3-2-4-7-17)32(22)15-20(26(33)34)18-8-5-9-21(28)23(18)29/h5,8-11,17,20H,2-4,6-7,12-15H2,1H3,(H,33,34)/t20-/m1/s1. The lowest BCUT2D eigenvalue weighted by atomic mass is 9.88. The summed E-state index contributed by atoms with van der Waals surface area (Å²) in [7, 11) is 1.35. The fourth-order valence-corrected chi connectivity index (χ4v) is 5.67. The molecule has 0 bridgehead atoms. The molecule has 0 saturated heterocycles. The molecule has 0 spiro atoms. The van der Waals surface area contributed by atoms with Gasteiger partial charge in [0.1, 0.15) is 11.7 Å². The first-order chi connectivity index (χ1) is 17.4. The average molecular weight is 498 g/mol. The number of benzene rings is 2. The van der Waals surface area contributed by atoms with Crippen LogP contribution in [0.4, 0.5) is 13.6 Å². The van der Waals surface area contributed by atoms with E-state index in [0.29, 0.717) is 19.5 Å². The van der Waals surface area contributed by atoms with Crippen LogP contribution in [0.2, 0.25) is 0 Å². The van der Waals surface area contributed by atoms with Crippen LogP contribution in [0.5, 0.6) is 0 Å². The summed E-state index contributed by atoms with van der Waals surface area (Å²) in [6, 6.07) is 7.56. The van der Waals surface area contributed by atoms with Gasteiger partial charge in [-0.3, -0.25) is 4.79 Å². The smallest absolute Gasteiger partial charge is 0.409 e. The van der Waals surface area contributed by atoms with E-state index in [1.807, 2.05) is 16.7 Å². The number of fused-ring (bicyclic) bond motifs is 3. The largest absolute Gasteiger partial charge is 0.481 e. The quantitative estimate of drug-likeness (QED) is 0.513. The van der Waals surface area contributed by atoms with Gasteiger partial charge in [-0.25, -0.2) is 18.6 Å². The van der Waals surface area contributed by atoms with E-state index in [-0.39, 0.29) is 18.0 Å². The number of ether oxygens (including phenoxy) is 1. The Kier molecular flexibility index (Phi) is 6.64. The number of hydrogen-bond donors (Lipinski definition) is 1. The first-order valence-electron chi connectivity index (χ1n) is 12.4. The van der Waals surface area contributed by atoms with Crippen molar-refractivity contribution in [1.82, 2.24) is 14.5 Å². The van der Waals surface area contributed by atoms with Crippen LogP contribution in [0.25, 0.3) is 11.0 Å². The first-order valence-corrected chi connectivity index (χ1v) is 12.4. The minimum Gasteiger partial charge on any atom is -0.481 e. The van der Waals surface area contributed by atoms with Crippen molar-refractivity contribution in [2.75, 3.05) is 13.7 Å². The molecule has 3 aromatic rings. The van der Waals surface area contributed by atoms with E-state index < -0.39 is 29.6 Å². The Morgan fingerprint density at radius 2 is 1.94 bits per heavy atom. The van der Waals surface area contributed by atoms with Gasteiger partial charge in [-0.15, -0.1) is 0 Å². The fourth-order valence-electron chi connectivity index (χ4n) is 5.67. The van der Waals surface area contributed by atoms with Crippen molar-refractivity contribution < 1.29 is 28.2 Å². The second kappa shape index (κ2) is 9.87. The normalized spacial score (nSPS) is 17.1. The highest BCUT2D eigenvalue weighted by molar-refractivity contribution is 5.83. The second-order valence-corrected chi connectivity index (χ2v) is 9.66. The molecule has 1 amide bonds. The SMILES string of the molecule is COC(=O)N1CCc2ccc3c(nc(C4CCCCC4)n3C[C@@H](C(=O)O)c3cccc(F)c3F)c2C1. The van der Waals surface area contributed by atoms with Gasteiger partial charge in [0.05, 0.1) is 24.7 Å². The van der Waals surface area contributed by atoms with Crippen LogP contribution in [-0.2, 0) is 29.0 Å². The number of amides is 1. The molecular weight excluding hydrogens is 468 g/mol. The van der Waals surface area contributed by atoms with E-state index in [0.717, 1.165) is 66.2 Å². The van der Waals surface area contributed by atoms with E-state index in [1.165, 1.54) is 19.2 Å². The first kappa shape index (κ1) is 24.2. The number of carbonyl (C=O) groups is 2. The summed E-state index contributed by atoms with van der Waals surface area (Å²) in [5, 5.41) is 10.0. The third-order valence-corrected chi connectivity index (χ3v) is 7.58. The third kappa shape index (κ3) is 4.31. The summed E-state index contributed by atoms with van der Waals surface area (Å²) in [4.78, 5) is 31.2. The Balaban J connectivity index is 1.64. The molecule has 1 fully saturated rings. The summed E-state index contributed by atoms with van der Waals surface area (Å²) in [5.74, 6) is -3.81. The maximum atomic E-state index is 14.7. The van der Waals surface area contributed by atoms with Gasteiger partial charge < -0.3 is 19.3 Å². The molecule has 2 aliphatic rings. The fraction of sp³-hybridized carbons (Fsp3) is 0.444. The number of aromatic nitrogens is 2. The number of carboxylic acids is 1. The van der Waals surface area contributed by atoms with E-state index in [2.05, 4.69) is 0 Å². The number of methoxy groups -OCH3 is 1. The summed E-state index contributed by atoms with van der Waals surface area (Å²) in [6.45, 7) is 0.820. The Labute approximate surface area is 207 Å². The highest BCUT2D eigenvalue weighted by Crippen LogP contribution is 2.37. The molecule has 190 valence electrons. The Morgan fingerprint density at radius 3 is 2.67 bits per heavy atom. The second-order valence-electron chi connectivity index (χ2n) is 9.66. The maximum absolute atomic E-state index is 14.7. The molecular formula is C27H29F2N3O4. The molecule has 1 atom stereocenters. The zero-order valence-corrected chi connectivity index (χ0v) is 20.2. The van der Waals surface area contributed by atoms with Gasteiger partial charge in [-0.2, -0.15) is 0 Å². The van der Waals surface area contributed by atoms with Crippen molar-refractivity contribution in [3.63, 3.8) is 0 Å². The van der Waals surface area contributed by atoms with Gasteiger partial charge >= 0.3 is 12.1 Å². The molecule has 1 aromatic heterocycles. The number of rotatable bonds is 5. The Morgan fingerprint density at radius 1 is 1.17 bits per heavy atom. The van der Waals surface area contributed by atoms with Crippen LogP contribution >= 0.6 is 0 Å². The molecule has 2 heterocycles. The zero-order valence-electron chi connectivity index (χ0n) is 20.2. The van der Waals surface area contributed by atoms with E-state index in [4.69, 9.17) is 9.72 Å². The van der Waals surface area contributed by atoms with Crippen LogP contribution in [0.3, 0.4) is 0 Å². The molecule has 36 heavy (non-hydrogen) atoms. The predicted octanol–water partition coefficient (Wildman–Crippen LogP) is 5.36. The number of nitrogens with zero attached hydrogens (tertiary/aromatic N) is 3. The van der Waals surface area contributed by atoms with Crippen molar-refractivity contribution in [2.24, 2.45) is 0 Å². The number of hydrogen-bond acceptors (Lipinski definition) is 4. The number of halogens is 2. The monoisotopic (exact) mass is 497 g/mol. The molecule has 0 radical (unpaired) electrons. The highest BCUT2D eigenvalue weighted by Gasteiger charge is 2.31. The van der Waals surface area contributed by atoms with Gasteiger partial charge in [0, 0.05) is 30.1 Å². The average Bonchev–Trinajstić information content (AvgIpc) is 3.27. The summed E-state index contributed by atoms with van der Waals surface area (Å²) >= 11 is 0. The lowest BCUT2D eigenvalue weighted by Crippen LogP contribution is -2.35. The minimum atomic E-state index is -1.29. The topological polar surface area (TPSA) is 84.7 Å². The molecule has 1 aliphatic heterocycles. The molecule has 0 unspecified atom stereocenters. The van der Waals surface area contributed by atoms with Crippen molar-refractivity contribution in [3.05, 3.63) is 64.5 Å². The van der Waals surface area contributed by atoms with Crippen LogP contribution in [-0.4, -0.2) is 45.3 Å². The molecule has 7 nitrogen and oxygen atoms in total. The van der Waals surface area contributed by atoms with Crippen molar-refractivity contribution >= 4 is 23.1 Å². The Hall–Kier alpha value is -3.49. The summed E-state index contributed by atoms with van der Waals surface area (Å²) < 4.78 is 35.5. The molecule has 5 rings (SSSR count). The van der Waals surface area contributed by atoms with Crippen molar-refractivity contribution in [2.45, 2.75) is 63.5 Å². The number of carbonyl (C=O) groups excluding carboxylic acids is 1. The van der Waals surface area contributed by atoms with Crippen LogP contribution < -0.4 is 0 Å². The summed E-state index contributed by atoms with van der Waals surface area (Å²) in [6.07, 6.45) is 5.39. The molecule has 9 heteroatoms. The minimum absolute atomic E-state index is 0.0719. The van der Waals surface area contributed by atoms with Gasteiger partial charge in [0.25, 0.3) is 0 Å². The van der Waals surface area contributed by atoms with Gasteiger partial charge in [0.2, 0.25) is 0 Å². The summed E-state index contributed by atoms with van der Waals surface area (Å²) in [5.41, 5.74) is 3.29. The van der Waals surface area contributed by atoms with Crippen molar-refractivity contribution in [1.29, 1.82) is 0 Å². The Bertz CT molecular complexity index is 1320. The molecule has 2 aromatic carbocycles. The van der Waals surface area contributed by atoms with Crippen LogP contribution in [0, 0.1) is 11.6 Å². The maximum Gasteiger partial charge on any atom is 0.409 e. The predicted molar refractivity (Wildman–Crippen MR) is 129 cm³/mol. The van der Waals surface area contributed by atoms with Crippen molar-refractivity contribution in [3.8, 4) is 0 Å². The molecule has 1 aliphatic carbocycles. The lowest BCUT2D eigenvalue weighted by Gasteiger charge is -2.27. The van der Waals surface area contributed by atoms with Gasteiger partial charge in [-0.1, -0.05) is 37.5 Å². The lowest BCUT2D eigenvalue weighted by molar-refractivity contribution is -0.139. The number of carboxylic acid groups (broad SMARTS) is 1. The van der Waals surface area contributed by atoms with Crippen LogP contribution in [0.1, 0.15) is 66.5 Å². The van der Waals surface area contributed by atoms with Gasteiger partial charge in [0.15, 0.2) is 11.6 Å². The van der Waals surface area contributed by atoms with E-state index in [1.54, 1.807) is 4.90 Å². The van der Waals surface area contributed by atoms with E-state index >= 15 is 0 Å². The molecule has 1 saturated carbocycles. The number of imidazole rings is 1. The third-order valence-electron chi connectivity index (χ3n) is 7.58. The zero-order chi connectivity index (χ0) is 25.4. The number of aliphatic carboxylic acids is 1. The highest BCUT2D eigenvalue weighted by atomic mass is 19.2.